The fraction of sp³-hybridized carbons (Fsp3) is 0.429. The van der Waals surface area contributed by atoms with Gasteiger partial charge in [-0.2, -0.15) is 0 Å². The molecule has 3 rings (SSSR count). The van der Waals surface area contributed by atoms with Gasteiger partial charge in [0.05, 0.1) is 14.2 Å². The van der Waals surface area contributed by atoms with Gasteiger partial charge in [0.2, 0.25) is 5.75 Å². The van der Waals surface area contributed by atoms with E-state index in [0.29, 0.717) is 30.5 Å². The Balaban J connectivity index is 0.00000280. The third-order valence-electron chi connectivity index (χ3n) is 4.79. The maximum Gasteiger partial charge on any atom is 0.203 e. The highest BCUT2D eigenvalue weighted by atomic mass is 35.5. The third kappa shape index (κ3) is 5.16. The Morgan fingerprint density at radius 1 is 0.857 bits per heavy atom. The first-order chi connectivity index (χ1) is 13.1. The first-order valence-corrected chi connectivity index (χ1v) is 9.47. The number of methoxy groups -OCH3 is 2. The normalized spacial score (nSPS) is 13.7. The Kier molecular flexibility index (Phi) is 8.55. The Labute approximate surface area is 177 Å². The highest BCUT2D eigenvalue weighted by Gasteiger charge is 2.18. The van der Waals surface area contributed by atoms with Crippen LogP contribution >= 0.6 is 24.0 Å². The second-order valence-corrected chi connectivity index (χ2v) is 6.90. The van der Waals surface area contributed by atoms with Crippen LogP contribution in [0.4, 0.5) is 0 Å². The molecule has 0 spiro atoms. The minimum atomic E-state index is 0. The van der Waals surface area contributed by atoms with E-state index >= 15 is 0 Å². The molecule has 154 valence electrons. The molecule has 0 atom stereocenters. The van der Waals surface area contributed by atoms with Gasteiger partial charge in [0, 0.05) is 23.7 Å². The van der Waals surface area contributed by atoms with E-state index in [0.717, 1.165) is 36.7 Å². The smallest absolute Gasteiger partial charge is 0.203 e. The molecule has 2 aromatic carbocycles. The molecule has 0 fully saturated rings. The van der Waals surface area contributed by atoms with Crippen molar-refractivity contribution in [2.45, 2.75) is 12.8 Å². The summed E-state index contributed by atoms with van der Waals surface area (Å²) >= 11 is 6.42. The molecule has 1 heterocycles. The molecular formula is C21H27Cl2NO4. The lowest BCUT2D eigenvalue weighted by Gasteiger charge is -2.17. The van der Waals surface area contributed by atoms with Gasteiger partial charge in [-0.1, -0.05) is 17.7 Å². The predicted octanol–water partition coefficient (Wildman–Crippen LogP) is 4.27. The van der Waals surface area contributed by atoms with Gasteiger partial charge in [0.25, 0.3) is 0 Å². The number of fused-ring (bicyclic) bond motifs is 1. The SMILES string of the molecule is COc1cccc(OC)c1OCCOc1ccc(Cl)c2c1CCN(C)CC2.Cl. The molecule has 1 aliphatic rings. The predicted molar refractivity (Wildman–Crippen MR) is 114 cm³/mol. The van der Waals surface area contributed by atoms with Crippen LogP contribution < -0.4 is 18.9 Å². The zero-order chi connectivity index (χ0) is 19.2. The largest absolute Gasteiger partial charge is 0.493 e. The van der Waals surface area contributed by atoms with E-state index in [4.69, 9.17) is 30.5 Å². The van der Waals surface area contributed by atoms with Crippen molar-refractivity contribution in [2.75, 3.05) is 47.6 Å². The molecule has 0 saturated heterocycles. The summed E-state index contributed by atoms with van der Waals surface area (Å²) in [5, 5.41) is 0.822. The van der Waals surface area contributed by atoms with Crippen LogP contribution in [0.1, 0.15) is 11.1 Å². The molecule has 2 aromatic rings. The first kappa shape index (κ1) is 22.5. The van der Waals surface area contributed by atoms with E-state index in [-0.39, 0.29) is 12.4 Å². The van der Waals surface area contributed by atoms with Crippen LogP contribution in [0.5, 0.6) is 23.0 Å². The van der Waals surface area contributed by atoms with Crippen LogP contribution in [0.25, 0.3) is 0 Å². The molecule has 5 nitrogen and oxygen atoms in total. The van der Waals surface area contributed by atoms with Crippen molar-refractivity contribution in [1.29, 1.82) is 0 Å². The van der Waals surface area contributed by atoms with Crippen LogP contribution in [0, 0.1) is 0 Å². The lowest BCUT2D eigenvalue weighted by atomic mass is 10.0. The highest BCUT2D eigenvalue weighted by molar-refractivity contribution is 6.31. The van der Waals surface area contributed by atoms with Gasteiger partial charge in [-0.25, -0.2) is 0 Å². The number of hydrogen-bond donors (Lipinski definition) is 0. The molecule has 0 N–H and O–H groups in total. The number of nitrogens with zero attached hydrogens (tertiary/aromatic N) is 1. The van der Waals surface area contributed by atoms with Crippen molar-refractivity contribution < 1.29 is 18.9 Å². The van der Waals surface area contributed by atoms with Crippen LogP contribution in [0.15, 0.2) is 30.3 Å². The second-order valence-electron chi connectivity index (χ2n) is 6.49. The minimum absolute atomic E-state index is 0. The van der Waals surface area contributed by atoms with E-state index in [9.17, 15) is 0 Å². The van der Waals surface area contributed by atoms with E-state index < -0.39 is 0 Å². The van der Waals surface area contributed by atoms with Crippen LogP contribution in [0.2, 0.25) is 5.02 Å². The van der Waals surface area contributed by atoms with Crippen molar-refractivity contribution in [3.05, 3.63) is 46.5 Å². The number of ether oxygens (including phenoxy) is 4. The molecular weight excluding hydrogens is 401 g/mol. The van der Waals surface area contributed by atoms with E-state index in [2.05, 4.69) is 11.9 Å². The number of benzene rings is 2. The molecule has 0 unspecified atom stereocenters. The maximum absolute atomic E-state index is 6.42. The van der Waals surface area contributed by atoms with E-state index in [1.54, 1.807) is 14.2 Å². The topological polar surface area (TPSA) is 40.2 Å². The van der Waals surface area contributed by atoms with E-state index in [1.807, 2.05) is 30.3 Å². The van der Waals surface area contributed by atoms with Gasteiger partial charge >= 0.3 is 0 Å². The Morgan fingerprint density at radius 3 is 2.11 bits per heavy atom. The molecule has 1 aliphatic heterocycles. The van der Waals surface area contributed by atoms with Crippen molar-refractivity contribution in [3.63, 3.8) is 0 Å². The van der Waals surface area contributed by atoms with Crippen molar-refractivity contribution in [2.24, 2.45) is 0 Å². The average Bonchev–Trinajstić information content (AvgIpc) is 2.89. The fourth-order valence-electron chi connectivity index (χ4n) is 3.29. The van der Waals surface area contributed by atoms with E-state index in [1.165, 1.54) is 11.1 Å². The summed E-state index contributed by atoms with van der Waals surface area (Å²) in [5.41, 5.74) is 2.41. The zero-order valence-electron chi connectivity index (χ0n) is 16.5. The maximum atomic E-state index is 6.42. The van der Waals surface area contributed by atoms with Gasteiger partial charge in [0.15, 0.2) is 11.5 Å². The standard InChI is InChI=1S/C21H26ClNO4.ClH/c1-23-11-9-15-16(10-12-23)18(8-7-17(15)22)26-13-14-27-21-19(24-2)5-4-6-20(21)25-3;/h4-8H,9-14H2,1-3H3;1H. The Morgan fingerprint density at radius 2 is 1.46 bits per heavy atom. The van der Waals surface area contributed by atoms with Gasteiger partial charge in [-0.05, 0) is 49.7 Å². The second kappa shape index (κ2) is 10.6. The van der Waals surface area contributed by atoms with Crippen molar-refractivity contribution >= 4 is 24.0 Å². The molecule has 0 amide bonds. The molecule has 0 aliphatic carbocycles. The summed E-state index contributed by atoms with van der Waals surface area (Å²) in [7, 11) is 5.35. The van der Waals surface area contributed by atoms with Crippen LogP contribution in [-0.2, 0) is 12.8 Å². The average molecular weight is 428 g/mol. The first-order valence-electron chi connectivity index (χ1n) is 9.09. The third-order valence-corrected chi connectivity index (χ3v) is 5.14. The lowest BCUT2D eigenvalue weighted by Crippen LogP contribution is -2.20. The van der Waals surface area contributed by atoms with Crippen LogP contribution in [-0.4, -0.2) is 52.5 Å². The quantitative estimate of drug-likeness (QED) is 0.617. The number of halogens is 2. The van der Waals surface area contributed by atoms with Gasteiger partial charge in [-0.3, -0.25) is 0 Å². The summed E-state index contributed by atoms with van der Waals surface area (Å²) in [6.07, 6.45) is 1.87. The number of hydrogen-bond acceptors (Lipinski definition) is 5. The molecule has 0 radical (unpaired) electrons. The van der Waals surface area contributed by atoms with Gasteiger partial charge in [0.1, 0.15) is 19.0 Å². The van der Waals surface area contributed by atoms with Gasteiger partial charge < -0.3 is 23.8 Å². The van der Waals surface area contributed by atoms with Crippen molar-refractivity contribution in [1.82, 2.24) is 4.90 Å². The Bertz CT molecular complexity index is 763. The molecule has 0 bridgehead atoms. The number of para-hydroxylation sites is 1. The lowest BCUT2D eigenvalue weighted by molar-refractivity contribution is 0.204. The van der Waals surface area contributed by atoms with Crippen molar-refractivity contribution in [3.8, 4) is 23.0 Å². The number of likely N-dealkylation sites (N-methyl/N-ethyl adjacent to an activating group) is 1. The molecule has 0 saturated carbocycles. The highest BCUT2D eigenvalue weighted by Crippen LogP contribution is 2.37. The number of rotatable bonds is 7. The minimum Gasteiger partial charge on any atom is -0.493 e. The Hall–Kier alpha value is -1.82. The summed E-state index contributed by atoms with van der Waals surface area (Å²) in [4.78, 5) is 2.32. The fourth-order valence-corrected chi connectivity index (χ4v) is 3.57. The zero-order valence-corrected chi connectivity index (χ0v) is 18.1. The monoisotopic (exact) mass is 427 g/mol. The van der Waals surface area contributed by atoms with Crippen LogP contribution in [0.3, 0.4) is 0 Å². The molecule has 7 heteroatoms. The molecule has 0 aromatic heterocycles. The van der Waals surface area contributed by atoms with Gasteiger partial charge in [-0.15, -0.1) is 12.4 Å². The summed E-state index contributed by atoms with van der Waals surface area (Å²) < 4.78 is 22.6. The summed E-state index contributed by atoms with van der Waals surface area (Å²) in [6, 6.07) is 9.42. The summed E-state index contributed by atoms with van der Waals surface area (Å²) in [5.74, 6) is 2.75. The summed E-state index contributed by atoms with van der Waals surface area (Å²) in [6.45, 7) is 2.81. The molecule has 28 heavy (non-hydrogen) atoms.